The first-order chi connectivity index (χ1) is 21.4. The molecule has 1 aliphatic carbocycles. The number of amides is 3. The van der Waals surface area contributed by atoms with Gasteiger partial charge in [0.2, 0.25) is 0 Å². The van der Waals surface area contributed by atoms with Gasteiger partial charge in [0.25, 0.3) is 17.7 Å². The number of fused-ring (bicyclic) bond motifs is 1. The molecule has 0 bridgehead atoms. The second-order valence-corrected chi connectivity index (χ2v) is 11.1. The molecule has 0 spiro atoms. The van der Waals surface area contributed by atoms with E-state index in [0.29, 0.717) is 41.2 Å². The Hall–Kier alpha value is -4.70. The van der Waals surface area contributed by atoms with Gasteiger partial charge in [0.15, 0.2) is 6.61 Å². The van der Waals surface area contributed by atoms with Gasteiger partial charge >= 0.3 is 5.97 Å². The molecule has 3 N–H and O–H groups in total. The van der Waals surface area contributed by atoms with Crippen LogP contribution in [0.25, 0.3) is 0 Å². The molecule has 0 unspecified atom stereocenters. The normalized spacial score (nSPS) is 13.7. The molecule has 0 aromatic heterocycles. The van der Waals surface area contributed by atoms with E-state index in [9.17, 15) is 19.2 Å². The van der Waals surface area contributed by atoms with Gasteiger partial charge in [0.1, 0.15) is 5.75 Å². The molecule has 3 aromatic rings. The molecule has 0 saturated heterocycles. The quantitative estimate of drug-likeness (QED) is 0.178. The van der Waals surface area contributed by atoms with E-state index in [-0.39, 0.29) is 36.3 Å². The number of benzene rings is 3. The highest BCUT2D eigenvalue weighted by Crippen LogP contribution is 2.33. The Bertz CT molecular complexity index is 1480. The van der Waals surface area contributed by atoms with E-state index in [4.69, 9.17) is 4.74 Å². The van der Waals surface area contributed by atoms with Crippen LogP contribution in [0.4, 0.5) is 11.4 Å². The van der Waals surface area contributed by atoms with Gasteiger partial charge in [-0.3, -0.25) is 19.2 Å². The Morgan fingerprint density at radius 1 is 0.932 bits per heavy atom. The molecule has 2 aliphatic rings. The van der Waals surface area contributed by atoms with Crippen LogP contribution in [0, 0.1) is 0 Å². The maximum atomic E-state index is 13.4. The minimum absolute atomic E-state index is 0.0670. The fraction of sp³-hybridized carbons (Fsp3) is 0.353. The summed E-state index contributed by atoms with van der Waals surface area (Å²) in [6, 6.07) is 20.3. The van der Waals surface area contributed by atoms with Crippen LogP contribution in [0.15, 0.2) is 66.7 Å². The van der Waals surface area contributed by atoms with E-state index >= 15 is 0 Å². The summed E-state index contributed by atoms with van der Waals surface area (Å²) >= 11 is 0. The Balaban J connectivity index is 1.09. The largest absolute Gasteiger partial charge is 0.482 e. The van der Waals surface area contributed by atoms with Gasteiger partial charge in [-0.1, -0.05) is 30.7 Å². The molecule has 44 heavy (non-hydrogen) atoms. The minimum atomic E-state index is -0.215. The van der Waals surface area contributed by atoms with E-state index in [2.05, 4.69) is 20.7 Å². The van der Waals surface area contributed by atoms with Crippen molar-refractivity contribution in [3.8, 4) is 5.75 Å². The zero-order chi connectivity index (χ0) is 30.9. The fourth-order valence-corrected chi connectivity index (χ4v) is 5.02. The minimum Gasteiger partial charge on any atom is -0.482 e. The molecule has 0 atom stereocenters. The molecule has 1 saturated carbocycles. The molecular formula is C34H38N4O6. The van der Waals surface area contributed by atoms with Gasteiger partial charge < -0.3 is 30.3 Å². The summed E-state index contributed by atoms with van der Waals surface area (Å²) in [4.78, 5) is 50.9. The molecule has 10 heteroatoms. The molecule has 0 radical (unpaired) electrons. The Labute approximate surface area is 257 Å². The standard InChI is InChI=1S/C34H38N4O6/c1-43-32(40)5-3-2-4-18-35-20-23-8-13-27(14-9-23)36-33(41)25-10-6-24(7-11-25)21-38(28-15-16-28)34(42)26-12-17-29-30(19-26)44-22-31(39)37-29/h6-14,17,19,28,35H,2-5,15-16,18,20-22H2,1H3,(H,36,41)(H,37,39). The summed E-state index contributed by atoms with van der Waals surface area (Å²) < 4.78 is 10.1. The average Bonchev–Trinajstić information content (AvgIpc) is 3.89. The van der Waals surface area contributed by atoms with E-state index in [0.717, 1.165) is 56.3 Å². The van der Waals surface area contributed by atoms with Crippen molar-refractivity contribution in [2.45, 2.75) is 57.7 Å². The Morgan fingerprint density at radius 3 is 2.39 bits per heavy atom. The molecule has 1 fully saturated rings. The zero-order valence-corrected chi connectivity index (χ0v) is 24.9. The van der Waals surface area contributed by atoms with E-state index < -0.39 is 0 Å². The lowest BCUT2D eigenvalue weighted by molar-refractivity contribution is -0.140. The monoisotopic (exact) mass is 598 g/mol. The summed E-state index contributed by atoms with van der Waals surface area (Å²) in [6.45, 7) is 1.96. The van der Waals surface area contributed by atoms with Crippen molar-refractivity contribution in [1.82, 2.24) is 10.2 Å². The Morgan fingerprint density at radius 2 is 1.66 bits per heavy atom. The number of hydrogen-bond donors (Lipinski definition) is 3. The highest BCUT2D eigenvalue weighted by atomic mass is 16.5. The predicted octanol–water partition coefficient (Wildman–Crippen LogP) is 4.90. The first-order valence-electron chi connectivity index (χ1n) is 15.0. The van der Waals surface area contributed by atoms with Crippen molar-refractivity contribution < 1.29 is 28.7 Å². The first-order valence-corrected chi connectivity index (χ1v) is 15.0. The molecule has 1 aliphatic heterocycles. The van der Waals surface area contributed by atoms with E-state index in [1.54, 1.807) is 30.3 Å². The molecule has 230 valence electrons. The van der Waals surface area contributed by atoms with Gasteiger partial charge in [-0.25, -0.2) is 0 Å². The second-order valence-electron chi connectivity index (χ2n) is 11.1. The molecule has 10 nitrogen and oxygen atoms in total. The second kappa shape index (κ2) is 14.7. The number of hydrogen-bond acceptors (Lipinski definition) is 7. The summed E-state index contributed by atoms with van der Waals surface area (Å²) in [5.41, 5.74) is 4.37. The molecule has 1 heterocycles. The summed E-state index contributed by atoms with van der Waals surface area (Å²) in [5.74, 6) is -0.178. The summed E-state index contributed by atoms with van der Waals surface area (Å²) in [5, 5.41) is 9.09. The van der Waals surface area contributed by atoms with Gasteiger partial charge in [0.05, 0.1) is 12.8 Å². The van der Waals surface area contributed by atoms with Crippen LogP contribution < -0.4 is 20.7 Å². The van der Waals surface area contributed by atoms with Gasteiger partial charge in [-0.15, -0.1) is 0 Å². The number of carbonyl (C=O) groups excluding carboxylic acids is 4. The van der Waals surface area contributed by atoms with Crippen molar-refractivity contribution in [3.05, 3.63) is 89.0 Å². The SMILES string of the molecule is COC(=O)CCCCCNCc1ccc(NC(=O)c2ccc(CN(C(=O)c3ccc4c(c3)OCC(=O)N4)C3CC3)cc2)cc1. The third-order valence-corrected chi connectivity index (χ3v) is 7.68. The first kappa shape index (κ1) is 30.7. The maximum Gasteiger partial charge on any atom is 0.305 e. The van der Waals surface area contributed by atoms with Crippen molar-refractivity contribution >= 4 is 35.1 Å². The van der Waals surface area contributed by atoms with Crippen LogP contribution in [0.5, 0.6) is 5.75 Å². The van der Waals surface area contributed by atoms with Gasteiger partial charge in [-0.05, 0) is 85.8 Å². The van der Waals surface area contributed by atoms with Gasteiger partial charge in [-0.2, -0.15) is 0 Å². The number of esters is 1. The molecular weight excluding hydrogens is 560 g/mol. The lowest BCUT2D eigenvalue weighted by Gasteiger charge is -2.24. The number of carbonyl (C=O) groups is 4. The third kappa shape index (κ3) is 8.44. The number of anilines is 2. The van der Waals surface area contributed by atoms with Crippen LogP contribution in [-0.2, 0) is 27.4 Å². The molecule has 3 aromatic carbocycles. The highest BCUT2D eigenvalue weighted by molar-refractivity contribution is 6.04. The van der Waals surface area contributed by atoms with E-state index in [1.807, 2.05) is 41.3 Å². The van der Waals surface area contributed by atoms with Crippen molar-refractivity contribution in [3.63, 3.8) is 0 Å². The highest BCUT2D eigenvalue weighted by Gasteiger charge is 2.33. The van der Waals surface area contributed by atoms with Crippen LogP contribution in [0.1, 0.15) is 70.4 Å². The van der Waals surface area contributed by atoms with Gasteiger partial charge in [0, 0.05) is 42.4 Å². The smallest absolute Gasteiger partial charge is 0.305 e. The van der Waals surface area contributed by atoms with Crippen LogP contribution in [0.3, 0.4) is 0 Å². The average molecular weight is 599 g/mol. The molecule has 3 amide bonds. The number of nitrogens with one attached hydrogen (secondary N) is 3. The van der Waals surface area contributed by atoms with Crippen LogP contribution in [-0.4, -0.2) is 54.9 Å². The summed E-state index contributed by atoms with van der Waals surface area (Å²) in [6.07, 6.45) is 5.17. The van der Waals surface area contributed by atoms with E-state index in [1.165, 1.54) is 7.11 Å². The van der Waals surface area contributed by atoms with Crippen molar-refractivity contribution in [2.75, 3.05) is 30.9 Å². The number of rotatable bonds is 14. The zero-order valence-electron chi connectivity index (χ0n) is 24.9. The number of ether oxygens (including phenoxy) is 2. The Kier molecular flexibility index (Phi) is 10.2. The van der Waals surface area contributed by atoms with Crippen LogP contribution in [0.2, 0.25) is 0 Å². The lowest BCUT2D eigenvalue weighted by Crippen LogP contribution is -2.33. The lowest BCUT2D eigenvalue weighted by atomic mass is 10.1. The van der Waals surface area contributed by atoms with Crippen molar-refractivity contribution in [2.24, 2.45) is 0 Å². The predicted molar refractivity (Wildman–Crippen MR) is 166 cm³/mol. The number of nitrogens with zero attached hydrogens (tertiary/aromatic N) is 1. The molecule has 5 rings (SSSR count). The van der Waals surface area contributed by atoms with Crippen molar-refractivity contribution in [1.29, 1.82) is 0 Å². The summed E-state index contributed by atoms with van der Waals surface area (Å²) in [7, 11) is 1.41. The maximum absolute atomic E-state index is 13.4. The fourth-order valence-electron chi connectivity index (χ4n) is 5.02. The third-order valence-electron chi connectivity index (χ3n) is 7.68. The number of methoxy groups -OCH3 is 1. The topological polar surface area (TPSA) is 126 Å². The number of unbranched alkanes of at least 4 members (excludes halogenated alkanes) is 2. The van der Waals surface area contributed by atoms with Crippen LogP contribution >= 0.6 is 0 Å².